The third-order valence-electron chi connectivity index (χ3n) is 6.11. The molecule has 4 saturated carbocycles. The summed E-state index contributed by atoms with van der Waals surface area (Å²) in [4.78, 5) is 0. The highest BCUT2D eigenvalue weighted by Crippen LogP contribution is 2.62. The van der Waals surface area contributed by atoms with Crippen molar-refractivity contribution in [2.75, 3.05) is 13.1 Å². The predicted molar refractivity (Wildman–Crippen MR) is 72.4 cm³/mol. The van der Waals surface area contributed by atoms with E-state index < -0.39 is 0 Å². The normalized spacial score (nSPS) is 53.7. The van der Waals surface area contributed by atoms with Crippen LogP contribution in [0.1, 0.15) is 52.4 Å². The van der Waals surface area contributed by atoms with E-state index in [1.54, 1.807) is 0 Å². The van der Waals surface area contributed by atoms with Crippen LogP contribution in [-0.2, 0) is 4.74 Å². The van der Waals surface area contributed by atoms with Crippen molar-refractivity contribution in [1.29, 1.82) is 0 Å². The molecule has 0 aromatic rings. The number of ether oxygens (including phenoxy) is 1. The predicted octanol–water partition coefficient (Wildman–Crippen LogP) is 2.97. The first-order valence-corrected chi connectivity index (χ1v) is 7.93. The van der Waals surface area contributed by atoms with E-state index in [-0.39, 0.29) is 5.60 Å². The molecule has 4 bridgehead atoms. The van der Waals surface area contributed by atoms with Gasteiger partial charge in [0.05, 0.1) is 11.7 Å². The summed E-state index contributed by atoms with van der Waals surface area (Å²) in [6.07, 6.45) is 9.45. The molecule has 1 heterocycles. The van der Waals surface area contributed by atoms with E-state index in [0.29, 0.717) is 11.5 Å². The molecule has 1 N–H and O–H groups in total. The summed E-state index contributed by atoms with van der Waals surface area (Å²) >= 11 is 0. The molecule has 0 amide bonds. The minimum Gasteiger partial charge on any atom is -0.369 e. The van der Waals surface area contributed by atoms with Gasteiger partial charge in [-0.25, -0.2) is 0 Å². The molecule has 1 aliphatic heterocycles. The summed E-state index contributed by atoms with van der Waals surface area (Å²) in [7, 11) is 0. The maximum absolute atomic E-state index is 6.50. The molecule has 1 atom stereocenters. The van der Waals surface area contributed by atoms with Crippen LogP contribution in [0.25, 0.3) is 0 Å². The van der Waals surface area contributed by atoms with Crippen molar-refractivity contribution in [3.63, 3.8) is 0 Å². The van der Waals surface area contributed by atoms with Gasteiger partial charge in [0.15, 0.2) is 0 Å². The van der Waals surface area contributed by atoms with Crippen molar-refractivity contribution in [3.8, 4) is 0 Å². The first-order valence-electron chi connectivity index (χ1n) is 7.93. The van der Waals surface area contributed by atoms with Crippen molar-refractivity contribution in [2.24, 2.45) is 23.2 Å². The van der Waals surface area contributed by atoms with Crippen LogP contribution in [0.3, 0.4) is 0 Å². The van der Waals surface area contributed by atoms with Gasteiger partial charge >= 0.3 is 0 Å². The van der Waals surface area contributed by atoms with E-state index in [4.69, 9.17) is 4.74 Å². The minimum atomic E-state index is 0.0340. The van der Waals surface area contributed by atoms with Crippen LogP contribution in [0.5, 0.6) is 0 Å². The van der Waals surface area contributed by atoms with E-state index in [9.17, 15) is 0 Å². The number of nitrogens with one attached hydrogen (secondary N) is 1. The van der Waals surface area contributed by atoms with Crippen LogP contribution >= 0.6 is 0 Å². The zero-order valence-electron chi connectivity index (χ0n) is 11.9. The van der Waals surface area contributed by atoms with Crippen LogP contribution < -0.4 is 5.32 Å². The Bertz CT molecular complexity index is 314. The van der Waals surface area contributed by atoms with Crippen LogP contribution in [0.2, 0.25) is 0 Å². The number of morpholine rings is 1. The quantitative estimate of drug-likeness (QED) is 0.771. The Morgan fingerprint density at radius 2 is 1.50 bits per heavy atom. The lowest BCUT2D eigenvalue weighted by Crippen LogP contribution is -2.61. The largest absolute Gasteiger partial charge is 0.369 e. The minimum absolute atomic E-state index is 0.0340. The van der Waals surface area contributed by atoms with Crippen LogP contribution in [-0.4, -0.2) is 24.8 Å². The second kappa shape index (κ2) is 3.73. The van der Waals surface area contributed by atoms with E-state index in [2.05, 4.69) is 19.2 Å². The Hall–Kier alpha value is -0.0800. The van der Waals surface area contributed by atoms with Crippen molar-refractivity contribution < 1.29 is 4.74 Å². The van der Waals surface area contributed by atoms with Crippen LogP contribution in [0, 0.1) is 23.2 Å². The lowest BCUT2D eigenvalue weighted by atomic mass is 9.48. The SMILES string of the molecule is CC1(C)CNCC(C23CC4CC(CC(C4)C2)C3)O1. The standard InChI is InChI=1S/C16H27NO/c1-15(2)10-17-9-14(18-15)16-6-11-3-12(7-16)5-13(4-11)8-16/h11-14,17H,3-10H2,1-2H3. The number of hydrogen-bond acceptors (Lipinski definition) is 2. The van der Waals surface area contributed by atoms with Crippen LogP contribution in [0.4, 0.5) is 0 Å². The molecule has 5 aliphatic rings. The molecular weight excluding hydrogens is 222 g/mol. The Morgan fingerprint density at radius 1 is 0.944 bits per heavy atom. The van der Waals surface area contributed by atoms with Crippen molar-refractivity contribution in [2.45, 2.75) is 64.1 Å². The molecule has 0 spiro atoms. The second-order valence-corrected chi connectivity index (χ2v) is 8.28. The fourth-order valence-corrected chi connectivity index (χ4v) is 5.89. The van der Waals surface area contributed by atoms with E-state index in [0.717, 1.165) is 30.8 Å². The molecule has 4 aliphatic carbocycles. The summed E-state index contributed by atoms with van der Waals surface area (Å²) < 4.78 is 6.50. The molecule has 2 nitrogen and oxygen atoms in total. The van der Waals surface area contributed by atoms with E-state index >= 15 is 0 Å². The van der Waals surface area contributed by atoms with Gasteiger partial charge in [0.25, 0.3) is 0 Å². The molecule has 2 heteroatoms. The first-order chi connectivity index (χ1) is 8.55. The average Bonchev–Trinajstić information content (AvgIpc) is 2.25. The smallest absolute Gasteiger partial charge is 0.0763 e. The molecule has 1 saturated heterocycles. The van der Waals surface area contributed by atoms with Gasteiger partial charge in [0, 0.05) is 13.1 Å². The molecule has 5 rings (SSSR count). The fourth-order valence-electron chi connectivity index (χ4n) is 5.89. The molecule has 0 aromatic heterocycles. The maximum atomic E-state index is 6.50. The monoisotopic (exact) mass is 249 g/mol. The topological polar surface area (TPSA) is 21.3 Å². The molecule has 0 aromatic carbocycles. The Labute approximate surface area is 111 Å². The third-order valence-corrected chi connectivity index (χ3v) is 6.11. The average molecular weight is 249 g/mol. The van der Waals surface area contributed by atoms with Gasteiger partial charge in [-0.2, -0.15) is 0 Å². The summed E-state index contributed by atoms with van der Waals surface area (Å²) in [5, 5.41) is 3.63. The van der Waals surface area contributed by atoms with Crippen LogP contribution in [0.15, 0.2) is 0 Å². The van der Waals surface area contributed by atoms with Gasteiger partial charge in [-0.05, 0) is 75.5 Å². The second-order valence-electron chi connectivity index (χ2n) is 8.28. The van der Waals surface area contributed by atoms with E-state index in [1.807, 2.05) is 0 Å². The maximum Gasteiger partial charge on any atom is 0.0763 e. The summed E-state index contributed by atoms with van der Waals surface area (Å²) in [5.74, 6) is 3.10. The third kappa shape index (κ3) is 1.76. The molecule has 18 heavy (non-hydrogen) atoms. The Morgan fingerprint density at radius 3 is 2.00 bits per heavy atom. The lowest BCUT2D eigenvalue weighted by Gasteiger charge is -2.60. The number of rotatable bonds is 1. The zero-order chi connectivity index (χ0) is 12.4. The first kappa shape index (κ1) is 11.7. The van der Waals surface area contributed by atoms with Gasteiger partial charge in [0.1, 0.15) is 0 Å². The van der Waals surface area contributed by atoms with Crippen molar-refractivity contribution in [3.05, 3.63) is 0 Å². The fraction of sp³-hybridized carbons (Fsp3) is 1.00. The van der Waals surface area contributed by atoms with Gasteiger partial charge in [-0.1, -0.05) is 0 Å². The molecule has 0 radical (unpaired) electrons. The number of hydrogen-bond donors (Lipinski definition) is 1. The Balaban J connectivity index is 1.59. The molecule has 102 valence electrons. The summed E-state index contributed by atoms with van der Waals surface area (Å²) in [6.45, 7) is 6.59. The molecule has 1 unspecified atom stereocenters. The highest BCUT2D eigenvalue weighted by atomic mass is 16.5. The lowest BCUT2D eigenvalue weighted by molar-refractivity contribution is -0.194. The van der Waals surface area contributed by atoms with Gasteiger partial charge in [-0.3, -0.25) is 0 Å². The van der Waals surface area contributed by atoms with E-state index in [1.165, 1.54) is 38.5 Å². The Kier molecular flexibility index (Phi) is 2.43. The van der Waals surface area contributed by atoms with Gasteiger partial charge in [-0.15, -0.1) is 0 Å². The highest BCUT2D eigenvalue weighted by molar-refractivity contribution is 5.06. The molecule has 5 fully saturated rings. The zero-order valence-corrected chi connectivity index (χ0v) is 11.9. The highest BCUT2D eigenvalue weighted by Gasteiger charge is 2.55. The van der Waals surface area contributed by atoms with Crippen molar-refractivity contribution >= 4 is 0 Å². The van der Waals surface area contributed by atoms with Crippen molar-refractivity contribution in [1.82, 2.24) is 5.32 Å². The van der Waals surface area contributed by atoms with Gasteiger partial charge < -0.3 is 10.1 Å². The molecular formula is C16H27NO. The van der Waals surface area contributed by atoms with Gasteiger partial charge in [0.2, 0.25) is 0 Å². The summed E-state index contributed by atoms with van der Waals surface area (Å²) in [6, 6.07) is 0. The summed E-state index contributed by atoms with van der Waals surface area (Å²) in [5.41, 5.74) is 0.575.